The van der Waals surface area contributed by atoms with E-state index < -0.39 is 5.97 Å². The minimum Gasteiger partial charge on any atom is -0.478 e. The number of nitrogens with zero attached hydrogens (tertiary/aromatic N) is 2. The Balaban J connectivity index is 1.65. The van der Waals surface area contributed by atoms with Gasteiger partial charge < -0.3 is 5.11 Å². The van der Waals surface area contributed by atoms with Gasteiger partial charge >= 0.3 is 5.97 Å². The maximum Gasteiger partial charge on any atom is 0.336 e. The van der Waals surface area contributed by atoms with Crippen LogP contribution >= 0.6 is 11.8 Å². The number of rotatable bonds is 13. The zero-order valence-electron chi connectivity index (χ0n) is 18.8. The molecule has 2 aromatic carbocycles. The summed E-state index contributed by atoms with van der Waals surface area (Å²) in [5.74, 6) is -0.582. The number of carbonyl (C=O) groups is 2. The first-order chi connectivity index (χ1) is 15.6. The van der Waals surface area contributed by atoms with Crippen LogP contribution in [0.25, 0.3) is 11.0 Å². The number of aromatic carboxylic acids is 1. The zero-order valence-corrected chi connectivity index (χ0v) is 19.6. The number of fused-ring (bicyclic) bond motifs is 1. The average molecular weight is 453 g/mol. The molecule has 0 amide bonds. The Labute approximate surface area is 194 Å². The summed E-state index contributed by atoms with van der Waals surface area (Å²) in [4.78, 5) is 29.7. The molecule has 0 spiro atoms. The number of aromatic nitrogens is 2. The molecule has 6 heteroatoms. The predicted octanol–water partition coefficient (Wildman–Crippen LogP) is 7.05. The molecule has 0 saturated carbocycles. The molecule has 0 saturated heterocycles. The molecule has 0 aliphatic rings. The molecule has 32 heavy (non-hydrogen) atoms. The molecule has 3 rings (SSSR count). The van der Waals surface area contributed by atoms with Crippen molar-refractivity contribution in [3.63, 3.8) is 0 Å². The second-order valence-corrected chi connectivity index (χ2v) is 9.11. The lowest BCUT2D eigenvalue weighted by Gasteiger charge is -2.10. The summed E-state index contributed by atoms with van der Waals surface area (Å²) >= 11 is 1.57. The Bertz CT molecular complexity index is 1040. The van der Waals surface area contributed by atoms with Gasteiger partial charge in [0.1, 0.15) is 0 Å². The van der Waals surface area contributed by atoms with Gasteiger partial charge in [0, 0.05) is 5.75 Å². The first-order valence-electron chi connectivity index (χ1n) is 11.6. The summed E-state index contributed by atoms with van der Waals surface area (Å²) < 4.78 is 1.56. The van der Waals surface area contributed by atoms with Crippen LogP contribution in [0.3, 0.4) is 0 Å². The lowest BCUT2D eigenvalue weighted by molar-refractivity contribution is 0.0691. The molecule has 0 unspecified atom stereocenters. The topological polar surface area (TPSA) is 72.2 Å². The molecule has 3 aromatic rings. The van der Waals surface area contributed by atoms with Gasteiger partial charge in [-0.05, 0) is 30.7 Å². The quantitative estimate of drug-likeness (QED) is 0.222. The standard InChI is InChI=1S/C26H32N2O3S/c1-2-3-4-5-6-7-8-9-14-19-32-26-27-22-17-12-13-18-23(22)28(26)24(29)20-15-10-11-16-21(20)25(30)31/h10-13,15-18H,2-9,14,19H2,1H3,(H,30,31). The number of para-hydroxylation sites is 2. The molecule has 5 nitrogen and oxygen atoms in total. The third-order valence-electron chi connectivity index (χ3n) is 5.60. The Kier molecular flexibility index (Phi) is 9.35. The molecule has 170 valence electrons. The van der Waals surface area contributed by atoms with E-state index in [1.807, 2.05) is 24.3 Å². The fourth-order valence-corrected chi connectivity index (χ4v) is 4.85. The van der Waals surface area contributed by atoms with Crippen LogP contribution in [0.2, 0.25) is 0 Å². The Hall–Kier alpha value is -2.60. The van der Waals surface area contributed by atoms with E-state index in [2.05, 4.69) is 11.9 Å². The monoisotopic (exact) mass is 452 g/mol. The van der Waals surface area contributed by atoms with Crippen molar-refractivity contribution in [2.75, 3.05) is 5.75 Å². The maximum atomic E-state index is 13.4. The number of imidazole rings is 1. The Morgan fingerprint density at radius 2 is 1.44 bits per heavy atom. The van der Waals surface area contributed by atoms with Crippen molar-refractivity contribution in [1.82, 2.24) is 9.55 Å². The van der Waals surface area contributed by atoms with E-state index >= 15 is 0 Å². The van der Waals surface area contributed by atoms with Crippen LogP contribution in [0.4, 0.5) is 0 Å². The van der Waals surface area contributed by atoms with Crippen molar-refractivity contribution in [2.24, 2.45) is 0 Å². The highest BCUT2D eigenvalue weighted by atomic mass is 32.2. The maximum absolute atomic E-state index is 13.4. The summed E-state index contributed by atoms with van der Waals surface area (Å²) in [5.41, 5.74) is 1.62. The van der Waals surface area contributed by atoms with Crippen LogP contribution in [-0.4, -0.2) is 32.3 Å². The molecule has 0 atom stereocenters. The highest BCUT2D eigenvalue weighted by Crippen LogP contribution is 2.27. The van der Waals surface area contributed by atoms with Crippen LogP contribution in [-0.2, 0) is 0 Å². The van der Waals surface area contributed by atoms with Crippen molar-refractivity contribution in [2.45, 2.75) is 69.9 Å². The second kappa shape index (κ2) is 12.4. The summed E-state index contributed by atoms with van der Waals surface area (Å²) in [6.07, 6.45) is 11.4. The lowest BCUT2D eigenvalue weighted by atomic mass is 10.1. The third kappa shape index (κ3) is 6.22. The molecular formula is C26H32N2O3S. The van der Waals surface area contributed by atoms with E-state index in [1.165, 1.54) is 57.4 Å². The van der Waals surface area contributed by atoms with Gasteiger partial charge in [-0.1, -0.05) is 94.3 Å². The van der Waals surface area contributed by atoms with Crippen LogP contribution in [0.1, 0.15) is 85.4 Å². The molecule has 0 aliphatic carbocycles. The van der Waals surface area contributed by atoms with Crippen molar-refractivity contribution in [1.29, 1.82) is 0 Å². The largest absolute Gasteiger partial charge is 0.478 e. The summed E-state index contributed by atoms with van der Waals surface area (Å²) in [5, 5.41) is 10.1. The lowest BCUT2D eigenvalue weighted by Crippen LogP contribution is -2.17. The smallest absolute Gasteiger partial charge is 0.336 e. The number of hydrogen-bond acceptors (Lipinski definition) is 4. The van der Waals surface area contributed by atoms with E-state index in [1.54, 1.807) is 34.5 Å². The van der Waals surface area contributed by atoms with Gasteiger partial charge in [-0.2, -0.15) is 0 Å². The number of hydrogen-bond donors (Lipinski definition) is 1. The van der Waals surface area contributed by atoms with Crippen molar-refractivity contribution in [3.8, 4) is 0 Å². The van der Waals surface area contributed by atoms with Gasteiger partial charge in [0.05, 0.1) is 22.2 Å². The first kappa shape index (κ1) is 24.1. The minimum absolute atomic E-state index is 0.00479. The number of carboxylic acids is 1. The number of carbonyl (C=O) groups excluding carboxylic acids is 1. The second-order valence-electron chi connectivity index (χ2n) is 8.05. The molecular weight excluding hydrogens is 420 g/mol. The molecule has 0 aliphatic heterocycles. The van der Waals surface area contributed by atoms with Crippen LogP contribution in [0.5, 0.6) is 0 Å². The first-order valence-corrected chi connectivity index (χ1v) is 12.6. The summed E-state index contributed by atoms with van der Waals surface area (Å²) in [6.45, 7) is 2.24. The normalized spacial score (nSPS) is 11.2. The van der Waals surface area contributed by atoms with Gasteiger partial charge in [-0.15, -0.1) is 0 Å². The van der Waals surface area contributed by atoms with E-state index in [0.717, 1.165) is 17.7 Å². The number of unbranched alkanes of at least 4 members (excludes halogenated alkanes) is 8. The fraction of sp³-hybridized carbons (Fsp3) is 0.423. The molecule has 1 aromatic heterocycles. The molecule has 1 N–H and O–H groups in total. The number of benzene rings is 2. The number of thioether (sulfide) groups is 1. The van der Waals surface area contributed by atoms with Crippen LogP contribution in [0.15, 0.2) is 53.7 Å². The SMILES string of the molecule is CCCCCCCCCCCSc1nc2ccccc2n1C(=O)c1ccccc1C(=O)O. The fourth-order valence-electron chi connectivity index (χ4n) is 3.85. The van der Waals surface area contributed by atoms with Crippen molar-refractivity contribution >= 4 is 34.7 Å². The van der Waals surface area contributed by atoms with E-state index in [0.29, 0.717) is 10.7 Å². The van der Waals surface area contributed by atoms with E-state index in [-0.39, 0.29) is 17.0 Å². The molecule has 0 bridgehead atoms. The van der Waals surface area contributed by atoms with Crippen molar-refractivity contribution < 1.29 is 14.7 Å². The average Bonchev–Trinajstić information content (AvgIpc) is 3.18. The van der Waals surface area contributed by atoms with Crippen LogP contribution < -0.4 is 0 Å². The number of carboxylic acid groups (broad SMARTS) is 1. The van der Waals surface area contributed by atoms with Gasteiger partial charge in [0.25, 0.3) is 5.91 Å². The summed E-state index contributed by atoms with van der Waals surface area (Å²) in [6, 6.07) is 13.8. The molecule has 1 heterocycles. The van der Waals surface area contributed by atoms with Gasteiger partial charge in [0.2, 0.25) is 0 Å². The zero-order chi connectivity index (χ0) is 22.8. The minimum atomic E-state index is -1.11. The molecule has 0 radical (unpaired) electrons. The highest BCUT2D eigenvalue weighted by molar-refractivity contribution is 7.99. The van der Waals surface area contributed by atoms with Gasteiger partial charge in [-0.25, -0.2) is 9.78 Å². The highest BCUT2D eigenvalue weighted by Gasteiger charge is 2.22. The van der Waals surface area contributed by atoms with E-state index in [9.17, 15) is 14.7 Å². The van der Waals surface area contributed by atoms with E-state index in [4.69, 9.17) is 0 Å². The summed E-state index contributed by atoms with van der Waals surface area (Å²) in [7, 11) is 0. The molecule has 0 fully saturated rings. The Morgan fingerprint density at radius 1 is 0.844 bits per heavy atom. The Morgan fingerprint density at radius 3 is 2.12 bits per heavy atom. The van der Waals surface area contributed by atoms with Gasteiger partial charge in [-0.3, -0.25) is 9.36 Å². The van der Waals surface area contributed by atoms with Crippen molar-refractivity contribution in [3.05, 3.63) is 59.7 Å². The van der Waals surface area contributed by atoms with Gasteiger partial charge in [0.15, 0.2) is 5.16 Å². The van der Waals surface area contributed by atoms with Crippen LogP contribution in [0, 0.1) is 0 Å². The predicted molar refractivity (Wildman–Crippen MR) is 131 cm³/mol. The third-order valence-corrected chi connectivity index (χ3v) is 6.62.